The number of nitrogens with one attached hydrogen (secondary N) is 3. The number of likely N-dealkylation sites (tertiary alicyclic amines) is 1. The first-order valence-electron chi connectivity index (χ1n) is 20.4. The first kappa shape index (κ1) is 41.6. The third-order valence-corrected chi connectivity index (χ3v) is 11.3. The van der Waals surface area contributed by atoms with Gasteiger partial charge in [0.2, 0.25) is 17.6 Å². The van der Waals surface area contributed by atoms with E-state index in [1.54, 1.807) is 30.3 Å². The smallest absolute Gasteiger partial charge is 0.408 e. The second-order valence-corrected chi connectivity index (χ2v) is 15.7. The van der Waals surface area contributed by atoms with Crippen LogP contribution in [0.2, 0.25) is 5.02 Å². The normalized spacial score (nSPS) is 17.9. The maximum Gasteiger partial charge on any atom is 0.408 e. The fourth-order valence-electron chi connectivity index (χ4n) is 7.76. The van der Waals surface area contributed by atoms with Gasteiger partial charge in [0.15, 0.2) is 5.58 Å². The van der Waals surface area contributed by atoms with Crippen molar-refractivity contribution < 1.29 is 33.1 Å². The van der Waals surface area contributed by atoms with E-state index in [4.69, 9.17) is 25.5 Å². The number of ketones is 1. The molecule has 308 valence electrons. The lowest BCUT2D eigenvalue weighted by Gasteiger charge is -2.30. The Balaban J connectivity index is 1.12. The lowest BCUT2D eigenvalue weighted by molar-refractivity contribution is -0.140. The summed E-state index contributed by atoms with van der Waals surface area (Å²) < 4.78 is 17.7. The van der Waals surface area contributed by atoms with Gasteiger partial charge in [0.05, 0.1) is 18.8 Å². The number of fused-ring (bicyclic) bond motifs is 1. The molecule has 0 saturated carbocycles. The highest BCUT2D eigenvalue weighted by atomic mass is 35.5. The summed E-state index contributed by atoms with van der Waals surface area (Å²) in [5.74, 6) is -1.07. The molecule has 5 aromatic rings. The van der Waals surface area contributed by atoms with E-state index in [9.17, 15) is 19.2 Å². The van der Waals surface area contributed by atoms with Gasteiger partial charge in [-0.2, -0.15) is 0 Å². The first-order valence-corrected chi connectivity index (χ1v) is 20.8. The zero-order valence-corrected chi connectivity index (χ0v) is 33.7. The van der Waals surface area contributed by atoms with E-state index in [1.807, 2.05) is 78.9 Å². The molecule has 0 radical (unpaired) electrons. The number of benzene rings is 4. The molecule has 0 bridgehead atoms. The number of halogens is 1. The van der Waals surface area contributed by atoms with Crippen LogP contribution >= 0.6 is 11.6 Å². The zero-order chi connectivity index (χ0) is 41.0. The molecule has 2 fully saturated rings. The summed E-state index contributed by atoms with van der Waals surface area (Å²) in [4.78, 5) is 62.7. The topological polar surface area (TPSA) is 152 Å². The molecule has 1 aromatic heterocycles. The van der Waals surface area contributed by atoms with Gasteiger partial charge < -0.3 is 34.7 Å². The molecule has 3 amide bonds. The molecule has 4 atom stereocenters. The Morgan fingerprint density at radius 3 is 2.20 bits per heavy atom. The number of para-hydroxylation sites is 2. The molecule has 7 rings (SSSR count). The molecule has 2 aliphatic heterocycles. The van der Waals surface area contributed by atoms with Crippen LogP contribution in [0.3, 0.4) is 0 Å². The molecule has 2 aliphatic rings. The first-order chi connectivity index (χ1) is 28.8. The van der Waals surface area contributed by atoms with Gasteiger partial charge >= 0.3 is 6.09 Å². The third kappa shape index (κ3) is 11.6. The predicted octanol–water partition coefficient (Wildman–Crippen LogP) is 7.04. The van der Waals surface area contributed by atoms with Crippen molar-refractivity contribution in [1.82, 2.24) is 25.8 Å². The van der Waals surface area contributed by atoms with Crippen molar-refractivity contribution in [3.05, 3.63) is 137 Å². The second kappa shape index (κ2) is 20.4. The van der Waals surface area contributed by atoms with E-state index in [2.05, 4.69) is 20.9 Å². The van der Waals surface area contributed by atoms with Crippen LogP contribution in [0.5, 0.6) is 0 Å². The van der Waals surface area contributed by atoms with Crippen LogP contribution in [0, 0.1) is 5.92 Å². The molecule has 59 heavy (non-hydrogen) atoms. The van der Waals surface area contributed by atoms with Crippen molar-refractivity contribution in [3.63, 3.8) is 0 Å². The summed E-state index contributed by atoms with van der Waals surface area (Å²) in [5.41, 5.74) is 3.69. The minimum Gasteiger partial charge on any atom is -0.445 e. The number of ether oxygens (including phenoxy) is 2. The highest BCUT2D eigenvalue weighted by Gasteiger charge is 2.44. The number of aromatic nitrogens is 1. The summed E-state index contributed by atoms with van der Waals surface area (Å²) in [6, 6.07) is 30.4. The Hall–Kier alpha value is -5.56. The number of nitrogens with zero attached hydrogens (tertiary/aromatic N) is 2. The number of carbonyl (C=O) groups excluding carboxylic acids is 4. The maximum atomic E-state index is 14.7. The van der Waals surface area contributed by atoms with Gasteiger partial charge in [-0.25, -0.2) is 9.78 Å². The van der Waals surface area contributed by atoms with Gasteiger partial charge in [0.25, 0.3) is 5.89 Å². The van der Waals surface area contributed by atoms with Crippen LogP contribution in [0.15, 0.2) is 114 Å². The van der Waals surface area contributed by atoms with Crippen molar-refractivity contribution >= 4 is 46.4 Å². The van der Waals surface area contributed by atoms with E-state index >= 15 is 0 Å². The van der Waals surface area contributed by atoms with Gasteiger partial charge in [-0.05, 0) is 98.5 Å². The van der Waals surface area contributed by atoms with Crippen LogP contribution in [0.25, 0.3) is 11.1 Å². The number of piperidine rings is 1. The second-order valence-electron chi connectivity index (χ2n) is 15.3. The number of hydrogen-bond acceptors (Lipinski definition) is 9. The van der Waals surface area contributed by atoms with Gasteiger partial charge in [-0.15, -0.1) is 0 Å². The maximum absolute atomic E-state index is 14.7. The van der Waals surface area contributed by atoms with E-state index in [-0.39, 0.29) is 38.5 Å². The molecule has 13 heteroatoms. The Labute approximate surface area is 349 Å². The number of alkyl carbamates (subject to hydrolysis) is 1. The molecule has 0 spiro atoms. The average molecular weight is 820 g/mol. The van der Waals surface area contributed by atoms with Crippen LogP contribution in [0.4, 0.5) is 4.79 Å². The SMILES string of the molecule is O=C(N[C@H](CCc1ccccc1)C(=O)N1C[C@H](OCc2ccc(Cl)cc2)C[C@H]1C(=O)N[C@@H](CCC1CCNCC1)C(=O)c1nc2ccccc2o1)OCc1ccccc1. The Kier molecular flexibility index (Phi) is 14.4. The Morgan fingerprint density at radius 1 is 0.797 bits per heavy atom. The molecular weight excluding hydrogens is 770 g/mol. The van der Waals surface area contributed by atoms with Crippen LogP contribution in [-0.4, -0.2) is 77.4 Å². The largest absolute Gasteiger partial charge is 0.445 e. The molecule has 3 N–H and O–H groups in total. The van der Waals surface area contributed by atoms with Crippen LogP contribution in [0.1, 0.15) is 65.9 Å². The highest BCUT2D eigenvalue weighted by molar-refractivity contribution is 6.30. The molecule has 12 nitrogen and oxygen atoms in total. The molecule has 3 heterocycles. The summed E-state index contributed by atoms with van der Waals surface area (Å²) in [6.45, 7) is 2.14. The lowest BCUT2D eigenvalue weighted by Crippen LogP contribution is -2.55. The summed E-state index contributed by atoms with van der Waals surface area (Å²) >= 11 is 6.11. The fourth-order valence-corrected chi connectivity index (χ4v) is 7.89. The number of oxazole rings is 1. The van der Waals surface area contributed by atoms with Crippen molar-refractivity contribution in [2.75, 3.05) is 19.6 Å². The third-order valence-electron chi connectivity index (χ3n) is 11.1. The summed E-state index contributed by atoms with van der Waals surface area (Å²) in [5, 5.41) is 9.81. The average Bonchev–Trinajstić information content (AvgIpc) is 3.91. The van der Waals surface area contributed by atoms with E-state index in [1.165, 1.54) is 4.90 Å². The minimum atomic E-state index is -1.03. The lowest BCUT2D eigenvalue weighted by atomic mass is 9.90. The number of aryl methyl sites for hydroxylation is 1. The zero-order valence-electron chi connectivity index (χ0n) is 32.9. The molecular formula is C46H50ClN5O7. The molecule has 0 aliphatic carbocycles. The minimum absolute atomic E-state index is 0.0223. The highest BCUT2D eigenvalue weighted by Crippen LogP contribution is 2.27. The monoisotopic (exact) mass is 819 g/mol. The van der Waals surface area contributed by atoms with Crippen molar-refractivity contribution in [1.29, 1.82) is 0 Å². The van der Waals surface area contributed by atoms with E-state index in [0.717, 1.165) is 49.0 Å². The number of hydrogen-bond donors (Lipinski definition) is 3. The predicted molar refractivity (Wildman–Crippen MR) is 224 cm³/mol. The number of carbonyl (C=O) groups is 4. The van der Waals surface area contributed by atoms with Gasteiger partial charge in [-0.1, -0.05) is 96.5 Å². The molecule has 0 unspecified atom stereocenters. The standard InChI is InChI=1S/C46H50ClN5O7/c47-35-19-15-34(16-20-35)29-57-36-27-40(43(54)49-38(21-17-32-23-25-48-26-24-32)42(53)44-50-37-13-7-8-14-41(37)59-44)52(28-36)45(55)39(22-18-31-9-3-1-4-10-31)51-46(56)58-30-33-11-5-2-6-12-33/h1-16,19-20,32,36,38-40,48H,17-18,21-30H2,(H,49,54)(H,51,56)/t36-,38+,39-,40+/m1/s1. The Morgan fingerprint density at radius 2 is 1.47 bits per heavy atom. The summed E-state index contributed by atoms with van der Waals surface area (Å²) in [6.07, 6.45) is 2.67. The van der Waals surface area contributed by atoms with Crippen LogP contribution < -0.4 is 16.0 Å². The van der Waals surface area contributed by atoms with E-state index < -0.39 is 47.9 Å². The number of Topliss-reactive ketones (excluding diaryl/α,β-unsaturated/α-hetero) is 1. The van der Waals surface area contributed by atoms with E-state index in [0.29, 0.717) is 34.9 Å². The Bertz CT molecular complexity index is 2130. The molecule has 2 saturated heterocycles. The number of rotatable bonds is 17. The van der Waals surface area contributed by atoms with Crippen molar-refractivity contribution in [2.45, 2.75) is 82.4 Å². The van der Waals surface area contributed by atoms with Crippen LogP contribution in [-0.2, 0) is 38.7 Å². The van der Waals surface area contributed by atoms with Crippen molar-refractivity contribution in [2.24, 2.45) is 5.92 Å². The van der Waals surface area contributed by atoms with Gasteiger partial charge in [0, 0.05) is 18.0 Å². The van der Waals surface area contributed by atoms with Gasteiger partial charge in [-0.3, -0.25) is 14.4 Å². The quantitative estimate of drug-likeness (QED) is 0.0840. The van der Waals surface area contributed by atoms with Gasteiger partial charge in [0.1, 0.15) is 24.2 Å². The summed E-state index contributed by atoms with van der Waals surface area (Å²) in [7, 11) is 0. The molecule has 4 aromatic carbocycles. The fraction of sp³-hybridized carbons (Fsp3) is 0.370. The van der Waals surface area contributed by atoms with Crippen molar-refractivity contribution in [3.8, 4) is 0 Å². The number of amides is 3.